The number of hydrogen-bond acceptors (Lipinski definition) is 4. The maximum Gasteiger partial charge on any atom is 0.254 e. The second kappa shape index (κ2) is 4.25. The van der Waals surface area contributed by atoms with E-state index >= 15 is 0 Å². The van der Waals surface area contributed by atoms with Crippen molar-refractivity contribution in [2.45, 2.75) is 18.4 Å². The predicted molar refractivity (Wildman–Crippen MR) is 65.0 cm³/mol. The second-order valence-electron chi connectivity index (χ2n) is 4.11. The topological polar surface area (TPSA) is 54.9 Å². The first kappa shape index (κ1) is 10.4. The van der Waals surface area contributed by atoms with Crippen LogP contribution in [-0.4, -0.2) is 21.9 Å². The van der Waals surface area contributed by atoms with Gasteiger partial charge in [0, 0.05) is 24.4 Å². The molecule has 0 unspecified atom stereocenters. The Morgan fingerprint density at radius 2 is 2.24 bits per heavy atom. The molecule has 0 saturated heterocycles. The smallest absolute Gasteiger partial charge is 0.254 e. The molecule has 3 rings (SSSR count). The van der Waals surface area contributed by atoms with Gasteiger partial charge in [-0.1, -0.05) is 0 Å². The molecule has 2 heterocycles. The third kappa shape index (κ3) is 2.19. The minimum absolute atomic E-state index is 0.0895. The van der Waals surface area contributed by atoms with Gasteiger partial charge in [-0.3, -0.25) is 4.79 Å². The molecule has 0 bridgehead atoms. The fourth-order valence-electron chi connectivity index (χ4n) is 1.88. The van der Waals surface area contributed by atoms with Gasteiger partial charge >= 0.3 is 0 Å². The van der Waals surface area contributed by atoms with Gasteiger partial charge in [0.2, 0.25) is 0 Å². The van der Waals surface area contributed by atoms with Crippen LogP contribution < -0.4 is 5.32 Å². The van der Waals surface area contributed by atoms with E-state index in [2.05, 4.69) is 32.1 Å². The molecule has 0 aromatic carbocycles. The number of thiophene rings is 1. The summed E-state index contributed by atoms with van der Waals surface area (Å²) in [5.41, 5.74) is 1.84. The maximum absolute atomic E-state index is 11.8. The SMILES string of the molecule is O=C(N[C@@H]1C[C@H]1c1ccsc1)c1cncnc1. The minimum atomic E-state index is -0.0895. The molecule has 86 valence electrons. The number of amides is 1. The fourth-order valence-corrected chi connectivity index (χ4v) is 2.60. The van der Waals surface area contributed by atoms with Crippen LogP contribution in [0.1, 0.15) is 28.3 Å². The number of rotatable bonds is 3. The molecule has 1 saturated carbocycles. The highest BCUT2D eigenvalue weighted by atomic mass is 32.1. The van der Waals surface area contributed by atoms with Crippen LogP contribution in [0.3, 0.4) is 0 Å². The molecular weight excluding hydrogens is 234 g/mol. The van der Waals surface area contributed by atoms with Crippen LogP contribution in [0.15, 0.2) is 35.5 Å². The Morgan fingerprint density at radius 3 is 2.94 bits per heavy atom. The van der Waals surface area contributed by atoms with E-state index < -0.39 is 0 Å². The largest absolute Gasteiger partial charge is 0.349 e. The summed E-state index contributed by atoms with van der Waals surface area (Å²) >= 11 is 1.69. The summed E-state index contributed by atoms with van der Waals surface area (Å²) in [6.45, 7) is 0. The molecule has 0 spiro atoms. The van der Waals surface area contributed by atoms with Crippen molar-refractivity contribution in [2.75, 3.05) is 0 Å². The molecule has 0 radical (unpaired) electrons. The van der Waals surface area contributed by atoms with Gasteiger partial charge in [0.25, 0.3) is 5.91 Å². The van der Waals surface area contributed by atoms with Crippen LogP contribution >= 0.6 is 11.3 Å². The van der Waals surface area contributed by atoms with E-state index in [0.29, 0.717) is 11.5 Å². The van der Waals surface area contributed by atoms with Gasteiger partial charge in [0.05, 0.1) is 5.56 Å². The van der Waals surface area contributed by atoms with Crippen LogP contribution in [0.5, 0.6) is 0 Å². The maximum atomic E-state index is 11.8. The number of carbonyl (C=O) groups is 1. The highest BCUT2D eigenvalue weighted by Crippen LogP contribution is 2.41. The molecule has 1 amide bonds. The summed E-state index contributed by atoms with van der Waals surface area (Å²) in [6, 6.07) is 2.38. The van der Waals surface area contributed by atoms with Crippen molar-refractivity contribution in [1.82, 2.24) is 15.3 Å². The number of aromatic nitrogens is 2. The van der Waals surface area contributed by atoms with Gasteiger partial charge in [0.15, 0.2) is 0 Å². The Morgan fingerprint density at radius 1 is 1.41 bits per heavy atom. The summed E-state index contributed by atoms with van der Waals surface area (Å²) in [5, 5.41) is 7.20. The molecule has 2 aromatic heterocycles. The molecule has 2 atom stereocenters. The molecular formula is C12H11N3OS. The fraction of sp³-hybridized carbons (Fsp3) is 0.250. The minimum Gasteiger partial charge on any atom is -0.349 e. The highest BCUT2D eigenvalue weighted by molar-refractivity contribution is 7.08. The Labute approximate surface area is 103 Å². The van der Waals surface area contributed by atoms with Crippen molar-refractivity contribution >= 4 is 17.2 Å². The molecule has 0 aliphatic heterocycles. The zero-order valence-corrected chi connectivity index (χ0v) is 9.85. The molecule has 5 heteroatoms. The lowest BCUT2D eigenvalue weighted by Crippen LogP contribution is -2.26. The molecule has 1 fully saturated rings. The predicted octanol–water partition coefficient (Wildman–Crippen LogP) is 1.82. The highest BCUT2D eigenvalue weighted by Gasteiger charge is 2.39. The lowest BCUT2D eigenvalue weighted by Gasteiger charge is -2.02. The van der Waals surface area contributed by atoms with Crippen molar-refractivity contribution < 1.29 is 4.79 Å². The number of nitrogens with zero attached hydrogens (tertiary/aromatic N) is 2. The number of nitrogens with one attached hydrogen (secondary N) is 1. The average Bonchev–Trinajstić information content (AvgIpc) is 2.92. The van der Waals surface area contributed by atoms with E-state index in [4.69, 9.17) is 0 Å². The monoisotopic (exact) mass is 245 g/mol. The molecule has 1 aliphatic carbocycles. The Hall–Kier alpha value is -1.75. The Bertz CT molecular complexity index is 512. The molecule has 2 aromatic rings. The van der Waals surface area contributed by atoms with Crippen LogP contribution in [-0.2, 0) is 0 Å². The summed E-state index contributed by atoms with van der Waals surface area (Å²) in [4.78, 5) is 19.5. The average molecular weight is 245 g/mol. The summed E-state index contributed by atoms with van der Waals surface area (Å²) in [7, 11) is 0. The van der Waals surface area contributed by atoms with Gasteiger partial charge in [-0.25, -0.2) is 9.97 Å². The molecule has 17 heavy (non-hydrogen) atoms. The lowest BCUT2D eigenvalue weighted by atomic mass is 10.2. The van der Waals surface area contributed by atoms with Crippen LogP contribution in [0, 0.1) is 0 Å². The van der Waals surface area contributed by atoms with Crippen molar-refractivity contribution in [2.24, 2.45) is 0 Å². The van der Waals surface area contributed by atoms with Crippen molar-refractivity contribution in [1.29, 1.82) is 0 Å². The van der Waals surface area contributed by atoms with E-state index in [1.807, 2.05) is 0 Å². The van der Waals surface area contributed by atoms with E-state index in [1.54, 1.807) is 11.3 Å². The molecule has 1 aliphatic rings. The summed E-state index contributed by atoms with van der Waals surface area (Å²) in [5.74, 6) is 0.392. The summed E-state index contributed by atoms with van der Waals surface area (Å²) < 4.78 is 0. The summed E-state index contributed by atoms with van der Waals surface area (Å²) in [6.07, 6.45) is 5.51. The zero-order chi connectivity index (χ0) is 11.7. The number of carbonyl (C=O) groups excluding carboxylic acids is 1. The first-order valence-electron chi connectivity index (χ1n) is 5.42. The molecule has 4 nitrogen and oxygen atoms in total. The van der Waals surface area contributed by atoms with Gasteiger partial charge < -0.3 is 5.32 Å². The van der Waals surface area contributed by atoms with Crippen molar-refractivity contribution in [3.63, 3.8) is 0 Å². The van der Waals surface area contributed by atoms with Gasteiger partial charge in [-0.2, -0.15) is 11.3 Å². The van der Waals surface area contributed by atoms with Crippen LogP contribution in [0.2, 0.25) is 0 Å². The van der Waals surface area contributed by atoms with E-state index in [-0.39, 0.29) is 11.9 Å². The van der Waals surface area contributed by atoms with E-state index in [9.17, 15) is 4.79 Å². The lowest BCUT2D eigenvalue weighted by molar-refractivity contribution is 0.0949. The van der Waals surface area contributed by atoms with Gasteiger partial charge in [-0.05, 0) is 28.8 Å². The third-order valence-electron chi connectivity index (χ3n) is 2.90. The third-order valence-corrected chi connectivity index (χ3v) is 3.60. The van der Waals surface area contributed by atoms with Crippen LogP contribution in [0.4, 0.5) is 0 Å². The normalized spacial score (nSPS) is 22.1. The first-order valence-corrected chi connectivity index (χ1v) is 6.37. The zero-order valence-electron chi connectivity index (χ0n) is 9.04. The van der Waals surface area contributed by atoms with Crippen molar-refractivity contribution in [3.05, 3.63) is 46.7 Å². The van der Waals surface area contributed by atoms with Gasteiger partial charge in [-0.15, -0.1) is 0 Å². The quantitative estimate of drug-likeness (QED) is 0.897. The van der Waals surface area contributed by atoms with Gasteiger partial charge in [0.1, 0.15) is 6.33 Å². The molecule has 1 N–H and O–H groups in total. The van der Waals surface area contributed by atoms with Crippen LogP contribution in [0.25, 0.3) is 0 Å². The Balaban J connectivity index is 1.61. The Kier molecular flexibility index (Phi) is 2.60. The standard InChI is InChI=1S/C12H11N3OS/c16-12(9-4-13-7-14-5-9)15-11-3-10(11)8-1-2-17-6-8/h1-2,4-7,10-11H,3H2,(H,15,16)/t10-,11+/m0/s1. The van der Waals surface area contributed by atoms with E-state index in [0.717, 1.165) is 6.42 Å². The first-order chi connectivity index (χ1) is 8.34. The number of hydrogen-bond donors (Lipinski definition) is 1. The second-order valence-corrected chi connectivity index (χ2v) is 4.89. The van der Waals surface area contributed by atoms with E-state index in [1.165, 1.54) is 24.3 Å². The van der Waals surface area contributed by atoms with Crippen molar-refractivity contribution in [3.8, 4) is 0 Å².